The smallest absolute Gasteiger partial charge is 0.251 e. The van der Waals surface area contributed by atoms with Gasteiger partial charge in [0.2, 0.25) is 5.91 Å². The van der Waals surface area contributed by atoms with E-state index in [1.807, 2.05) is 54.7 Å². The lowest BCUT2D eigenvalue weighted by Gasteiger charge is -2.21. The third-order valence-corrected chi connectivity index (χ3v) is 5.21. The normalized spacial score (nSPS) is 16.4. The van der Waals surface area contributed by atoms with E-state index < -0.39 is 5.79 Å². The Morgan fingerprint density at radius 2 is 1.86 bits per heavy atom. The summed E-state index contributed by atoms with van der Waals surface area (Å²) in [7, 11) is 0. The molecule has 0 bridgehead atoms. The number of hydrogen-bond donors (Lipinski definition) is 1. The van der Waals surface area contributed by atoms with E-state index in [1.54, 1.807) is 10.9 Å². The first kappa shape index (κ1) is 16.9. The highest BCUT2D eigenvalue weighted by Gasteiger charge is 2.44. The Hall–Kier alpha value is -3.28. The van der Waals surface area contributed by atoms with Crippen molar-refractivity contribution in [3.8, 4) is 17.2 Å². The van der Waals surface area contributed by atoms with Crippen LogP contribution in [0.4, 0.5) is 5.69 Å². The van der Waals surface area contributed by atoms with Crippen LogP contribution in [0.3, 0.4) is 0 Å². The number of fused-ring (bicyclic) bond motifs is 1. The van der Waals surface area contributed by atoms with E-state index in [4.69, 9.17) is 9.47 Å². The van der Waals surface area contributed by atoms with Crippen LogP contribution in [-0.4, -0.2) is 21.5 Å². The summed E-state index contributed by atoms with van der Waals surface area (Å²) >= 11 is 0. The van der Waals surface area contributed by atoms with Crippen LogP contribution in [0.15, 0.2) is 60.9 Å². The van der Waals surface area contributed by atoms with Crippen LogP contribution in [0.5, 0.6) is 11.5 Å². The van der Waals surface area contributed by atoms with Crippen molar-refractivity contribution in [2.75, 3.05) is 5.32 Å². The van der Waals surface area contributed by atoms with Gasteiger partial charge in [0.05, 0.1) is 18.3 Å². The highest BCUT2D eigenvalue weighted by atomic mass is 16.7. The number of rotatable bonds is 4. The average molecular weight is 375 g/mol. The second kappa shape index (κ2) is 6.71. The van der Waals surface area contributed by atoms with Gasteiger partial charge in [-0.2, -0.15) is 5.10 Å². The molecule has 1 N–H and O–H groups in total. The molecule has 28 heavy (non-hydrogen) atoms. The summed E-state index contributed by atoms with van der Waals surface area (Å²) in [6, 6.07) is 15.4. The van der Waals surface area contributed by atoms with Crippen molar-refractivity contribution in [1.29, 1.82) is 0 Å². The molecule has 6 heteroatoms. The Bertz CT molecular complexity index is 1010. The SMILES string of the molecule is O=C(Cc1cnn(-c2ccccc2)c1)Nc1ccc2c(c1)OC1(CCCC1)O2. The Balaban J connectivity index is 1.24. The Kier molecular flexibility index (Phi) is 4.04. The molecule has 1 aliphatic heterocycles. The summed E-state index contributed by atoms with van der Waals surface area (Å²) in [6.45, 7) is 0. The fraction of sp³-hybridized carbons (Fsp3) is 0.273. The molecule has 142 valence electrons. The maximum atomic E-state index is 12.5. The van der Waals surface area contributed by atoms with E-state index >= 15 is 0 Å². The minimum Gasteiger partial charge on any atom is -0.448 e. The highest BCUT2D eigenvalue weighted by Crippen LogP contribution is 2.47. The second-order valence-corrected chi connectivity index (χ2v) is 7.34. The van der Waals surface area contributed by atoms with Crippen LogP contribution in [0.1, 0.15) is 31.2 Å². The third-order valence-electron chi connectivity index (χ3n) is 5.21. The lowest BCUT2D eigenvalue weighted by atomic mass is 10.2. The van der Waals surface area contributed by atoms with Crippen molar-refractivity contribution in [2.24, 2.45) is 0 Å². The lowest BCUT2D eigenvalue weighted by Crippen LogP contribution is -2.34. The summed E-state index contributed by atoms with van der Waals surface area (Å²) in [5.74, 6) is 0.875. The van der Waals surface area contributed by atoms with Gasteiger partial charge in [0.1, 0.15) is 0 Å². The second-order valence-electron chi connectivity index (χ2n) is 7.34. The number of nitrogens with one attached hydrogen (secondary N) is 1. The summed E-state index contributed by atoms with van der Waals surface area (Å²) < 4.78 is 13.8. The average Bonchev–Trinajstić information content (AvgIpc) is 3.42. The fourth-order valence-corrected chi connectivity index (χ4v) is 3.85. The van der Waals surface area contributed by atoms with Gasteiger partial charge in [-0.1, -0.05) is 18.2 Å². The number of benzene rings is 2. The van der Waals surface area contributed by atoms with E-state index in [0.29, 0.717) is 11.4 Å². The van der Waals surface area contributed by atoms with Gasteiger partial charge >= 0.3 is 0 Å². The number of ether oxygens (including phenoxy) is 2. The number of carbonyl (C=O) groups is 1. The van der Waals surface area contributed by atoms with Gasteiger partial charge < -0.3 is 14.8 Å². The summed E-state index contributed by atoms with van der Waals surface area (Å²) in [4.78, 5) is 12.5. The molecule has 1 aromatic heterocycles. The topological polar surface area (TPSA) is 65.4 Å². The number of anilines is 1. The van der Waals surface area contributed by atoms with Gasteiger partial charge in [0.15, 0.2) is 11.5 Å². The molecule has 1 amide bonds. The maximum Gasteiger partial charge on any atom is 0.251 e. The number of amides is 1. The molecule has 0 saturated heterocycles. The summed E-state index contributed by atoms with van der Waals surface area (Å²) in [5, 5.41) is 7.27. The van der Waals surface area contributed by atoms with Gasteiger partial charge in [0, 0.05) is 30.8 Å². The lowest BCUT2D eigenvalue weighted by molar-refractivity contribution is -0.115. The van der Waals surface area contributed by atoms with Crippen molar-refractivity contribution in [2.45, 2.75) is 37.9 Å². The highest BCUT2D eigenvalue weighted by molar-refractivity contribution is 5.92. The van der Waals surface area contributed by atoms with E-state index in [0.717, 1.165) is 42.7 Å². The first-order chi connectivity index (χ1) is 13.7. The molecular formula is C22H21N3O3. The predicted molar refractivity (Wildman–Crippen MR) is 105 cm³/mol. The molecule has 2 heterocycles. The predicted octanol–water partition coefficient (Wildman–Crippen LogP) is 4.10. The number of carbonyl (C=O) groups excluding carboxylic acids is 1. The van der Waals surface area contributed by atoms with E-state index in [-0.39, 0.29) is 12.3 Å². The van der Waals surface area contributed by atoms with Crippen molar-refractivity contribution >= 4 is 11.6 Å². The fourth-order valence-electron chi connectivity index (χ4n) is 3.85. The standard InChI is InChI=1S/C22H21N3O3/c26-21(12-16-14-23-25(15-16)18-6-2-1-3-7-18)24-17-8-9-19-20(13-17)28-22(27-19)10-4-5-11-22/h1-3,6-9,13-15H,4-5,10-12H2,(H,24,26). The minimum atomic E-state index is -0.489. The van der Waals surface area contributed by atoms with Gasteiger partial charge in [0.25, 0.3) is 5.79 Å². The summed E-state index contributed by atoms with van der Waals surface area (Å²) in [5.41, 5.74) is 2.52. The first-order valence-corrected chi connectivity index (χ1v) is 9.60. The van der Waals surface area contributed by atoms with E-state index in [1.165, 1.54) is 0 Å². The zero-order valence-electron chi connectivity index (χ0n) is 15.4. The molecule has 2 aromatic carbocycles. The largest absolute Gasteiger partial charge is 0.448 e. The quantitative estimate of drug-likeness (QED) is 0.746. The summed E-state index contributed by atoms with van der Waals surface area (Å²) in [6.07, 6.45) is 7.91. The van der Waals surface area contributed by atoms with Crippen molar-refractivity contribution < 1.29 is 14.3 Å². The number of nitrogens with zero attached hydrogens (tertiary/aromatic N) is 2. The maximum absolute atomic E-state index is 12.5. The molecule has 1 fully saturated rings. The molecular weight excluding hydrogens is 354 g/mol. The van der Waals surface area contributed by atoms with Crippen molar-refractivity contribution in [3.05, 3.63) is 66.5 Å². The molecule has 0 radical (unpaired) electrons. The molecule has 0 unspecified atom stereocenters. The molecule has 0 atom stereocenters. The Labute approximate surface area is 163 Å². The van der Waals surface area contributed by atoms with E-state index in [2.05, 4.69) is 10.4 Å². The van der Waals surface area contributed by atoms with Gasteiger partial charge in [-0.3, -0.25) is 4.79 Å². The van der Waals surface area contributed by atoms with Crippen LogP contribution < -0.4 is 14.8 Å². The molecule has 1 aliphatic carbocycles. The van der Waals surface area contributed by atoms with Gasteiger partial charge in [-0.05, 0) is 42.7 Å². The number of aromatic nitrogens is 2. The zero-order chi connectivity index (χ0) is 19.0. The minimum absolute atomic E-state index is 0.0953. The van der Waals surface area contributed by atoms with Crippen LogP contribution in [0.2, 0.25) is 0 Å². The van der Waals surface area contributed by atoms with Crippen LogP contribution in [0, 0.1) is 0 Å². The molecule has 1 spiro atoms. The van der Waals surface area contributed by atoms with Crippen LogP contribution in [-0.2, 0) is 11.2 Å². The third kappa shape index (κ3) is 3.22. The number of para-hydroxylation sites is 1. The van der Waals surface area contributed by atoms with Crippen LogP contribution >= 0.6 is 0 Å². The van der Waals surface area contributed by atoms with Crippen LogP contribution in [0.25, 0.3) is 5.69 Å². The van der Waals surface area contributed by atoms with E-state index in [9.17, 15) is 4.79 Å². The number of hydrogen-bond acceptors (Lipinski definition) is 4. The van der Waals surface area contributed by atoms with Gasteiger partial charge in [-0.15, -0.1) is 0 Å². The van der Waals surface area contributed by atoms with Crippen molar-refractivity contribution in [3.63, 3.8) is 0 Å². The molecule has 6 nitrogen and oxygen atoms in total. The Morgan fingerprint density at radius 3 is 2.68 bits per heavy atom. The Morgan fingerprint density at radius 1 is 1.07 bits per heavy atom. The molecule has 1 saturated carbocycles. The zero-order valence-corrected chi connectivity index (χ0v) is 15.4. The molecule has 3 aromatic rings. The van der Waals surface area contributed by atoms with Crippen molar-refractivity contribution in [1.82, 2.24) is 9.78 Å². The molecule has 2 aliphatic rings. The monoisotopic (exact) mass is 375 g/mol. The first-order valence-electron chi connectivity index (χ1n) is 9.60. The molecule has 5 rings (SSSR count). The van der Waals surface area contributed by atoms with Gasteiger partial charge in [-0.25, -0.2) is 4.68 Å².